The molecule has 2 aromatic carbocycles. The first-order valence-electron chi connectivity index (χ1n) is 7.40. The highest BCUT2D eigenvalue weighted by Crippen LogP contribution is 2.25. The molecule has 0 aliphatic rings. The fourth-order valence-electron chi connectivity index (χ4n) is 2.49. The number of aromatic nitrogens is 1. The van der Waals surface area contributed by atoms with Gasteiger partial charge in [0.2, 0.25) is 0 Å². The van der Waals surface area contributed by atoms with Gasteiger partial charge in [0.05, 0.1) is 0 Å². The van der Waals surface area contributed by atoms with Crippen LogP contribution in [-0.4, -0.2) is 29.6 Å². The second-order valence-corrected chi connectivity index (χ2v) is 5.37. The molecule has 1 aromatic heterocycles. The van der Waals surface area contributed by atoms with Crippen molar-refractivity contribution in [2.45, 2.75) is 13.3 Å². The van der Waals surface area contributed by atoms with Crippen LogP contribution < -0.4 is 0 Å². The molecule has 0 fully saturated rings. The van der Waals surface area contributed by atoms with Crippen LogP contribution in [0.5, 0.6) is 0 Å². The van der Waals surface area contributed by atoms with Gasteiger partial charge in [0.15, 0.2) is 11.5 Å². The molecule has 0 saturated carbocycles. The average molecular weight is 294 g/mol. The summed E-state index contributed by atoms with van der Waals surface area (Å²) in [6, 6.07) is 15.9. The van der Waals surface area contributed by atoms with E-state index in [1.54, 1.807) is 18.0 Å². The van der Waals surface area contributed by atoms with Crippen molar-refractivity contribution in [2.75, 3.05) is 13.6 Å². The van der Waals surface area contributed by atoms with Gasteiger partial charge in [0.1, 0.15) is 0 Å². The number of benzene rings is 2. The van der Waals surface area contributed by atoms with E-state index in [-0.39, 0.29) is 5.91 Å². The molecule has 0 N–H and O–H groups in total. The molecule has 4 heteroatoms. The van der Waals surface area contributed by atoms with Crippen LogP contribution >= 0.6 is 0 Å². The topological polar surface area (TPSA) is 46.3 Å². The van der Waals surface area contributed by atoms with Crippen LogP contribution in [0.15, 0.2) is 53.1 Å². The fourth-order valence-corrected chi connectivity index (χ4v) is 2.49. The molecule has 1 heterocycles. The van der Waals surface area contributed by atoms with Gasteiger partial charge in [-0.2, -0.15) is 0 Å². The zero-order valence-electron chi connectivity index (χ0n) is 12.7. The third-order valence-electron chi connectivity index (χ3n) is 3.67. The number of carbonyl (C=O) groups excluding carboxylic acids is 1. The fraction of sp³-hybridized carbons (Fsp3) is 0.222. The number of hydrogen-bond donors (Lipinski definition) is 0. The van der Waals surface area contributed by atoms with E-state index in [1.165, 1.54) is 5.39 Å². The van der Waals surface area contributed by atoms with Gasteiger partial charge in [-0.25, -0.2) is 0 Å². The molecule has 0 aliphatic carbocycles. The van der Waals surface area contributed by atoms with Crippen molar-refractivity contribution in [1.29, 1.82) is 0 Å². The summed E-state index contributed by atoms with van der Waals surface area (Å²) in [5.74, 6) is 0.497. The van der Waals surface area contributed by atoms with Gasteiger partial charge >= 0.3 is 0 Å². The first-order valence-corrected chi connectivity index (χ1v) is 7.40. The van der Waals surface area contributed by atoms with Crippen LogP contribution in [0.2, 0.25) is 0 Å². The van der Waals surface area contributed by atoms with E-state index in [0.717, 1.165) is 17.4 Å². The molecule has 0 bridgehead atoms. The second kappa shape index (κ2) is 6.02. The van der Waals surface area contributed by atoms with Gasteiger partial charge in [0, 0.05) is 25.2 Å². The molecule has 112 valence electrons. The lowest BCUT2D eigenvalue weighted by molar-refractivity contribution is 0.0785. The summed E-state index contributed by atoms with van der Waals surface area (Å²) >= 11 is 0. The maximum atomic E-state index is 12.2. The number of fused-ring (bicyclic) bond motifs is 1. The molecule has 1 amide bonds. The van der Waals surface area contributed by atoms with Crippen LogP contribution in [0.25, 0.3) is 22.1 Å². The van der Waals surface area contributed by atoms with Crippen molar-refractivity contribution in [3.8, 4) is 11.3 Å². The Morgan fingerprint density at radius 2 is 1.91 bits per heavy atom. The quantitative estimate of drug-likeness (QED) is 0.731. The molecule has 3 rings (SSSR count). The number of hydrogen-bond acceptors (Lipinski definition) is 3. The SMILES string of the molecule is CCCN(C)C(=O)c1cc(-c2ccc3ccccc3c2)on1. The number of rotatable bonds is 4. The van der Waals surface area contributed by atoms with Gasteiger partial charge in [-0.15, -0.1) is 0 Å². The highest BCUT2D eigenvalue weighted by molar-refractivity contribution is 5.93. The minimum absolute atomic E-state index is 0.113. The number of nitrogens with zero attached hydrogens (tertiary/aromatic N) is 2. The van der Waals surface area contributed by atoms with E-state index in [9.17, 15) is 4.79 Å². The average Bonchev–Trinajstić information content (AvgIpc) is 3.04. The van der Waals surface area contributed by atoms with Crippen LogP contribution in [0.4, 0.5) is 0 Å². The smallest absolute Gasteiger partial charge is 0.275 e. The van der Waals surface area contributed by atoms with E-state index < -0.39 is 0 Å². The Labute approximate surface area is 129 Å². The largest absolute Gasteiger partial charge is 0.355 e. The van der Waals surface area contributed by atoms with Gasteiger partial charge < -0.3 is 9.42 Å². The summed E-state index contributed by atoms with van der Waals surface area (Å²) in [5.41, 5.74) is 1.27. The summed E-state index contributed by atoms with van der Waals surface area (Å²) in [6.07, 6.45) is 0.914. The molecule has 0 aliphatic heterocycles. The molecule has 0 saturated heterocycles. The third kappa shape index (κ3) is 2.72. The Balaban J connectivity index is 1.90. The molecule has 0 unspecified atom stereocenters. The summed E-state index contributed by atoms with van der Waals surface area (Å²) in [7, 11) is 1.77. The van der Waals surface area contributed by atoms with E-state index in [2.05, 4.69) is 17.3 Å². The Kier molecular flexibility index (Phi) is 3.92. The van der Waals surface area contributed by atoms with Gasteiger partial charge in [0.25, 0.3) is 5.91 Å². The Morgan fingerprint density at radius 1 is 1.14 bits per heavy atom. The normalized spacial score (nSPS) is 10.8. The van der Waals surface area contributed by atoms with Gasteiger partial charge in [-0.05, 0) is 23.3 Å². The maximum Gasteiger partial charge on any atom is 0.275 e. The Morgan fingerprint density at radius 3 is 2.68 bits per heavy atom. The molecule has 4 nitrogen and oxygen atoms in total. The highest BCUT2D eigenvalue weighted by atomic mass is 16.5. The molecule has 0 spiro atoms. The van der Waals surface area contributed by atoms with Crippen molar-refractivity contribution in [3.05, 3.63) is 54.2 Å². The highest BCUT2D eigenvalue weighted by Gasteiger charge is 2.17. The van der Waals surface area contributed by atoms with E-state index >= 15 is 0 Å². The molecule has 22 heavy (non-hydrogen) atoms. The monoisotopic (exact) mass is 294 g/mol. The summed E-state index contributed by atoms with van der Waals surface area (Å²) in [6.45, 7) is 2.74. The zero-order chi connectivity index (χ0) is 15.5. The van der Waals surface area contributed by atoms with Crippen molar-refractivity contribution < 1.29 is 9.32 Å². The predicted octanol–water partition coefficient (Wildman–Crippen LogP) is 3.98. The number of amides is 1. The van der Waals surface area contributed by atoms with E-state index in [4.69, 9.17) is 4.52 Å². The van der Waals surface area contributed by atoms with Crippen LogP contribution in [-0.2, 0) is 0 Å². The number of carbonyl (C=O) groups is 1. The molecular formula is C18H18N2O2. The standard InChI is InChI=1S/C18H18N2O2/c1-3-10-20(2)18(21)16-12-17(22-19-16)15-9-8-13-6-4-5-7-14(13)11-15/h4-9,11-12H,3,10H2,1-2H3. The lowest BCUT2D eigenvalue weighted by Gasteiger charge is -2.13. The second-order valence-electron chi connectivity index (χ2n) is 5.37. The molecule has 3 aromatic rings. The predicted molar refractivity (Wildman–Crippen MR) is 86.7 cm³/mol. The van der Waals surface area contributed by atoms with Gasteiger partial charge in [-0.1, -0.05) is 48.5 Å². The Bertz CT molecular complexity index is 807. The minimum Gasteiger partial charge on any atom is -0.355 e. The lowest BCUT2D eigenvalue weighted by atomic mass is 10.1. The van der Waals surface area contributed by atoms with Crippen LogP contribution in [0, 0.1) is 0 Å². The first-order chi connectivity index (χ1) is 10.7. The molecule has 0 atom stereocenters. The Hall–Kier alpha value is -2.62. The zero-order valence-corrected chi connectivity index (χ0v) is 12.7. The van der Waals surface area contributed by atoms with Crippen molar-refractivity contribution in [2.24, 2.45) is 0 Å². The van der Waals surface area contributed by atoms with E-state index in [0.29, 0.717) is 18.0 Å². The van der Waals surface area contributed by atoms with Crippen LogP contribution in [0.3, 0.4) is 0 Å². The summed E-state index contributed by atoms with van der Waals surface area (Å²) in [4.78, 5) is 13.8. The van der Waals surface area contributed by atoms with Crippen molar-refractivity contribution in [1.82, 2.24) is 10.1 Å². The lowest BCUT2D eigenvalue weighted by Crippen LogP contribution is -2.27. The summed E-state index contributed by atoms with van der Waals surface area (Å²) in [5, 5.41) is 6.21. The van der Waals surface area contributed by atoms with Crippen molar-refractivity contribution >= 4 is 16.7 Å². The third-order valence-corrected chi connectivity index (χ3v) is 3.67. The van der Waals surface area contributed by atoms with Gasteiger partial charge in [-0.3, -0.25) is 4.79 Å². The first kappa shape index (κ1) is 14.3. The van der Waals surface area contributed by atoms with E-state index in [1.807, 2.05) is 37.3 Å². The van der Waals surface area contributed by atoms with Crippen LogP contribution in [0.1, 0.15) is 23.8 Å². The van der Waals surface area contributed by atoms with Crippen molar-refractivity contribution in [3.63, 3.8) is 0 Å². The molecule has 0 radical (unpaired) electrons. The maximum absolute atomic E-state index is 12.2. The molecular weight excluding hydrogens is 276 g/mol. The summed E-state index contributed by atoms with van der Waals surface area (Å²) < 4.78 is 5.35. The minimum atomic E-state index is -0.113.